The Hall–Kier alpha value is -1.01. The van der Waals surface area contributed by atoms with Crippen molar-refractivity contribution in [3.63, 3.8) is 0 Å². The zero-order valence-corrected chi connectivity index (χ0v) is 11.1. The van der Waals surface area contributed by atoms with Gasteiger partial charge >= 0.3 is 13.2 Å². The van der Waals surface area contributed by atoms with Gasteiger partial charge in [-0.25, -0.2) is 4.79 Å². The summed E-state index contributed by atoms with van der Waals surface area (Å²) < 4.78 is 5.39. The molecule has 0 aromatic rings. The Labute approximate surface area is 108 Å². The molecule has 0 radical (unpaired) electrons. The lowest BCUT2D eigenvalue weighted by atomic mass is 9.74. The number of carbonyl (C=O) groups excluding carboxylic acids is 1. The molecule has 0 aromatic carbocycles. The van der Waals surface area contributed by atoms with Crippen molar-refractivity contribution in [1.82, 2.24) is 4.90 Å². The zero-order chi connectivity index (χ0) is 13.5. The molecule has 5 nitrogen and oxygen atoms in total. The van der Waals surface area contributed by atoms with Gasteiger partial charge in [0.25, 0.3) is 0 Å². The van der Waals surface area contributed by atoms with Gasteiger partial charge in [-0.1, -0.05) is 6.08 Å². The van der Waals surface area contributed by atoms with Gasteiger partial charge in [0.2, 0.25) is 0 Å². The maximum Gasteiger partial charge on any atom is 0.483 e. The molecule has 2 aliphatic rings. The van der Waals surface area contributed by atoms with E-state index in [2.05, 4.69) is 0 Å². The fraction of sp³-hybridized carbons (Fsp3) is 0.750. The Kier molecular flexibility index (Phi) is 3.42. The van der Waals surface area contributed by atoms with Crippen molar-refractivity contribution in [1.29, 1.82) is 0 Å². The normalized spacial score (nSPS) is 26.9. The number of fused-ring (bicyclic) bond motifs is 2. The molecule has 2 N–H and O–H groups in total. The molecule has 0 spiro atoms. The maximum atomic E-state index is 12.1. The lowest BCUT2D eigenvalue weighted by Gasteiger charge is -2.35. The van der Waals surface area contributed by atoms with E-state index in [-0.39, 0.29) is 18.2 Å². The second-order valence-corrected chi connectivity index (χ2v) is 6.01. The molecule has 2 heterocycles. The second kappa shape index (κ2) is 4.59. The summed E-state index contributed by atoms with van der Waals surface area (Å²) in [6, 6.07) is -0.0259. The average molecular weight is 253 g/mol. The van der Waals surface area contributed by atoms with Crippen molar-refractivity contribution in [2.75, 3.05) is 0 Å². The number of carbonyl (C=O) groups is 1. The van der Waals surface area contributed by atoms with Crippen LogP contribution in [0.5, 0.6) is 0 Å². The molecule has 18 heavy (non-hydrogen) atoms. The molecule has 1 fully saturated rings. The van der Waals surface area contributed by atoms with E-state index in [1.807, 2.05) is 20.8 Å². The van der Waals surface area contributed by atoms with Crippen LogP contribution >= 0.6 is 0 Å². The molecule has 0 aromatic heterocycles. The highest BCUT2D eigenvalue weighted by molar-refractivity contribution is 6.50. The predicted octanol–water partition coefficient (Wildman–Crippen LogP) is 1.10. The topological polar surface area (TPSA) is 70.0 Å². The maximum absolute atomic E-state index is 12.1. The first-order valence-electron chi connectivity index (χ1n) is 6.36. The lowest BCUT2D eigenvalue weighted by Crippen LogP contribution is -2.46. The largest absolute Gasteiger partial charge is 0.483 e. The van der Waals surface area contributed by atoms with Gasteiger partial charge in [-0.2, -0.15) is 0 Å². The van der Waals surface area contributed by atoms with Crippen molar-refractivity contribution in [2.24, 2.45) is 0 Å². The van der Waals surface area contributed by atoms with Crippen LogP contribution in [0.4, 0.5) is 4.79 Å². The van der Waals surface area contributed by atoms with E-state index in [4.69, 9.17) is 4.74 Å². The second-order valence-electron chi connectivity index (χ2n) is 6.01. The van der Waals surface area contributed by atoms with E-state index >= 15 is 0 Å². The number of hydrogen-bond acceptors (Lipinski definition) is 4. The third-order valence-electron chi connectivity index (χ3n) is 3.36. The molecule has 0 aliphatic carbocycles. The summed E-state index contributed by atoms with van der Waals surface area (Å²) >= 11 is 0. The Morgan fingerprint density at radius 3 is 2.61 bits per heavy atom. The molecular formula is C12H20BNO4. The summed E-state index contributed by atoms with van der Waals surface area (Å²) in [5.74, 6) is 0. The van der Waals surface area contributed by atoms with Gasteiger partial charge < -0.3 is 14.8 Å². The third-order valence-corrected chi connectivity index (χ3v) is 3.36. The standard InChI is InChI=1S/C12H20BNO4/c1-12(2,3)18-11(15)14-9-4-5-10(14)7-8(6-9)13(16)17/h6,9-10,16-17H,4-5,7H2,1-3H3. The minimum atomic E-state index is -1.41. The smallest absolute Gasteiger partial charge is 0.444 e. The highest BCUT2D eigenvalue weighted by atomic mass is 16.6. The summed E-state index contributed by atoms with van der Waals surface area (Å²) in [4.78, 5) is 13.8. The molecule has 2 aliphatic heterocycles. The van der Waals surface area contributed by atoms with Gasteiger partial charge in [-0.05, 0) is 45.5 Å². The number of ether oxygens (including phenoxy) is 1. The summed E-state index contributed by atoms with van der Waals surface area (Å²) in [6.45, 7) is 5.53. The van der Waals surface area contributed by atoms with Gasteiger partial charge in [-0.3, -0.25) is 4.90 Å². The van der Waals surface area contributed by atoms with Crippen LogP contribution < -0.4 is 0 Å². The molecular weight excluding hydrogens is 233 g/mol. The molecule has 2 unspecified atom stereocenters. The van der Waals surface area contributed by atoms with Gasteiger partial charge in [0, 0.05) is 6.04 Å². The van der Waals surface area contributed by atoms with Crippen molar-refractivity contribution < 1.29 is 19.6 Å². The molecule has 1 amide bonds. The molecule has 1 saturated heterocycles. The predicted molar refractivity (Wildman–Crippen MR) is 67.8 cm³/mol. The number of hydrogen-bond donors (Lipinski definition) is 2. The van der Waals surface area contributed by atoms with Crippen molar-refractivity contribution in [3.8, 4) is 0 Å². The Morgan fingerprint density at radius 2 is 2.11 bits per heavy atom. The highest BCUT2D eigenvalue weighted by Crippen LogP contribution is 2.36. The van der Waals surface area contributed by atoms with Crippen LogP contribution in [0.25, 0.3) is 0 Å². The molecule has 2 bridgehead atoms. The van der Waals surface area contributed by atoms with Gasteiger partial charge in [-0.15, -0.1) is 0 Å². The van der Waals surface area contributed by atoms with E-state index < -0.39 is 12.7 Å². The number of nitrogens with zero attached hydrogens (tertiary/aromatic N) is 1. The number of rotatable bonds is 1. The minimum Gasteiger partial charge on any atom is -0.444 e. The first-order valence-corrected chi connectivity index (χ1v) is 6.36. The van der Waals surface area contributed by atoms with Crippen LogP contribution in [0.2, 0.25) is 0 Å². The van der Waals surface area contributed by atoms with Crippen LogP contribution in [0, 0.1) is 0 Å². The van der Waals surface area contributed by atoms with E-state index in [1.165, 1.54) is 0 Å². The van der Waals surface area contributed by atoms with Gasteiger partial charge in [0.1, 0.15) is 5.60 Å². The van der Waals surface area contributed by atoms with Gasteiger partial charge in [0.15, 0.2) is 0 Å². The highest BCUT2D eigenvalue weighted by Gasteiger charge is 2.42. The molecule has 100 valence electrons. The van der Waals surface area contributed by atoms with E-state index in [0.717, 1.165) is 12.8 Å². The minimum absolute atomic E-state index is 0.0339. The van der Waals surface area contributed by atoms with E-state index in [0.29, 0.717) is 11.9 Å². The average Bonchev–Trinajstić information content (AvgIpc) is 2.47. The molecule has 6 heteroatoms. The fourth-order valence-electron chi connectivity index (χ4n) is 2.65. The quantitative estimate of drug-likeness (QED) is 0.686. The van der Waals surface area contributed by atoms with Crippen molar-refractivity contribution >= 4 is 13.2 Å². The molecule has 2 rings (SSSR count). The fourth-order valence-corrected chi connectivity index (χ4v) is 2.65. The molecule has 0 saturated carbocycles. The first-order chi connectivity index (χ1) is 8.28. The Balaban J connectivity index is 2.11. The van der Waals surface area contributed by atoms with Crippen LogP contribution in [-0.4, -0.2) is 45.8 Å². The SMILES string of the molecule is CC(C)(C)OC(=O)N1C2C=C(B(O)O)CC1CC2. The van der Waals surface area contributed by atoms with Crippen LogP contribution in [0.3, 0.4) is 0 Å². The van der Waals surface area contributed by atoms with E-state index in [1.54, 1.807) is 11.0 Å². The molecule has 2 atom stereocenters. The Morgan fingerprint density at radius 1 is 1.44 bits per heavy atom. The van der Waals surface area contributed by atoms with Crippen molar-refractivity contribution in [3.05, 3.63) is 11.5 Å². The van der Waals surface area contributed by atoms with Gasteiger partial charge in [0.05, 0.1) is 6.04 Å². The summed E-state index contributed by atoms with van der Waals surface area (Å²) in [7, 11) is -1.41. The monoisotopic (exact) mass is 253 g/mol. The van der Waals surface area contributed by atoms with Crippen molar-refractivity contribution in [2.45, 2.75) is 57.7 Å². The summed E-state index contributed by atoms with van der Waals surface area (Å²) in [6.07, 6.45) is 3.75. The van der Waals surface area contributed by atoms with Crippen LogP contribution in [-0.2, 0) is 4.74 Å². The lowest BCUT2D eigenvalue weighted by molar-refractivity contribution is 0.0168. The third kappa shape index (κ3) is 2.70. The van der Waals surface area contributed by atoms with Crippen LogP contribution in [0.1, 0.15) is 40.0 Å². The Bertz CT molecular complexity index is 375. The summed E-state index contributed by atoms with van der Waals surface area (Å²) in [5.41, 5.74) is 0.110. The number of amides is 1. The summed E-state index contributed by atoms with van der Waals surface area (Å²) in [5, 5.41) is 18.4. The van der Waals surface area contributed by atoms with Crippen LogP contribution in [0.15, 0.2) is 11.5 Å². The zero-order valence-electron chi connectivity index (χ0n) is 11.1. The first kappa shape index (κ1) is 13.4. The van der Waals surface area contributed by atoms with E-state index in [9.17, 15) is 14.8 Å².